The zero-order valence-electron chi connectivity index (χ0n) is 23.1. The quantitative estimate of drug-likeness (QED) is 0.168. The molecule has 0 unspecified atom stereocenters. The number of aliphatic hydroxyl groups is 2. The van der Waals surface area contributed by atoms with Crippen LogP contribution in [-0.4, -0.2) is 70.8 Å². The molecule has 0 saturated carbocycles. The van der Waals surface area contributed by atoms with E-state index in [0.717, 1.165) is 5.56 Å². The van der Waals surface area contributed by atoms with Crippen molar-refractivity contribution in [2.75, 3.05) is 6.61 Å². The molecule has 2 aromatic rings. The number of ether oxygens (including phenoxy) is 1. The van der Waals surface area contributed by atoms with Crippen molar-refractivity contribution in [2.24, 2.45) is 11.7 Å². The largest absolute Gasteiger partial charge is 0.459 e. The zero-order valence-corrected chi connectivity index (χ0v) is 23.1. The van der Waals surface area contributed by atoms with Crippen molar-refractivity contribution in [3.63, 3.8) is 0 Å². The van der Waals surface area contributed by atoms with Gasteiger partial charge in [-0.2, -0.15) is 0 Å². The van der Waals surface area contributed by atoms with Crippen molar-refractivity contribution in [1.29, 1.82) is 0 Å². The van der Waals surface area contributed by atoms with E-state index in [0.29, 0.717) is 12.0 Å². The second kappa shape index (κ2) is 16.3. The molecule has 0 aliphatic carbocycles. The Labute approximate surface area is 234 Å². The van der Waals surface area contributed by atoms with Crippen molar-refractivity contribution < 1.29 is 34.1 Å². The van der Waals surface area contributed by atoms with Crippen LogP contribution in [0.15, 0.2) is 60.7 Å². The molecule has 40 heavy (non-hydrogen) atoms. The summed E-state index contributed by atoms with van der Waals surface area (Å²) >= 11 is 0. The van der Waals surface area contributed by atoms with Gasteiger partial charge < -0.3 is 36.6 Å². The first kappa shape index (κ1) is 32.4. The van der Waals surface area contributed by atoms with Crippen molar-refractivity contribution in [3.05, 3.63) is 71.8 Å². The predicted molar refractivity (Wildman–Crippen MR) is 148 cm³/mol. The van der Waals surface area contributed by atoms with Crippen molar-refractivity contribution >= 4 is 23.7 Å². The number of nitrogens with one attached hydrogen (secondary N) is 3. The fraction of sp³-hybridized carbons (Fsp3) is 0.448. The average Bonchev–Trinajstić information content (AvgIpc) is 2.96. The van der Waals surface area contributed by atoms with Gasteiger partial charge in [0, 0.05) is 6.42 Å². The highest BCUT2D eigenvalue weighted by molar-refractivity contribution is 5.94. The highest BCUT2D eigenvalue weighted by Crippen LogP contribution is 2.09. The highest BCUT2D eigenvalue weighted by Gasteiger charge is 2.33. The van der Waals surface area contributed by atoms with Crippen LogP contribution in [0, 0.1) is 5.92 Å². The molecule has 11 nitrogen and oxygen atoms in total. The molecule has 0 heterocycles. The lowest BCUT2D eigenvalue weighted by Crippen LogP contribution is -2.60. The summed E-state index contributed by atoms with van der Waals surface area (Å²) in [5.74, 6) is -3.19. The fourth-order valence-electron chi connectivity index (χ4n) is 3.75. The lowest BCUT2D eigenvalue weighted by molar-refractivity contribution is -0.152. The summed E-state index contributed by atoms with van der Waals surface area (Å²) in [6.45, 7) is 4.21. The molecule has 0 radical (unpaired) electrons. The van der Waals surface area contributed by atoms with E-state index in [2.05, 4.69) is 16.0 Å². The Hall–Kier alpha value is -3.80. The number of aliphatic hydroxyl groups excluding tert-OH is 2. The van der Waals surface area contributed by atoms with Crippen LogP contribution < -0.4 is 21.7 Å². The molecule has 7 N–H and O–H groups in total. The maximum Gasteiger partial charge on any atom is 0.331 e. The monoisotopic (exact) mass is 556 g/mol. The molecular formula is C29H40N4O7. The van der Waals surface area contributed by atoms with E-state index in [-0.39, 0.29) is 18.9 Å². The Balaban J connectivity index is 2.16. The lowest BCUT2D eigenvalue weighted by Gasteiger charge is -2.26. The van der Waals surface area contributed by atoms with E-state index in [4.69, 9.17) is 10.5 Å². The van der Waals surface area contributed by atoms with E-state index in [1.165, 1.54) is 6.92 Å². The van der Waals surface area contributed by atoms with Gasteiger partial charge in [-0.05, 0) is 24.0 Å². The number of carbonyl (C=O) groups is 4. The number of amides is 3. The van der Waals surface area contributed by atoms with Crippen LogP contribution >= 0.6 is 0 Å². The molecule has 0 fully saturated rings. The molecule has 11 heteroatoms. The molecule has 0 bridgehead atoms. The molecule has 218 valence electrons. The Morgan fingerprint density at radius 2 is 1.35 bits per heavy atom. The third-order valence-electron chi connectivity index (χ3n) is 6.55. The van der Waals surface area contributed by atoms with Gasteiger partial charge in [0.15, 0.2) is 6.04 Å². The average molecular weight is 557 g/mol. The van der Waals surface area contributed by atoms with Gasteiger partial charge in [0.05, 0.1) is 18.8 Å². The SMILES string of the molecule is CC[C@H](C)[C@H](N)C(=O)N[C@@H](CO)C(=O)N[C@@H](Cc1ccccc1)C(=O)N[C@H](C(=O)OCc1ccccc1)[C@@H](C)O. The number of hydrogen-bond acceptors (Lipinski definition) is 8. The smallest absolute Gasteiger partial charge is 0.331 e. The Bertz CT molecular complexity index is 1100. The standard InChI is InChI=1S/C29H40N4O7/c1-4-18(2)24(30)28(38)32-23(16-34)27(37)31-22(15-20-11-7-5-8-12-20)26(36)33-25(19(3)35)29(39)40-17-21-13-9-6-10-14-21/h5-14,18-19,22-25,34-35H,4,15-17,30H2,1-3H3,(H,31,37)(H,32,38)(H,33,36)/t18-,19+,22-,23-,24-,25-/m0/s1. The maximum atomic E-state index is 13.3. The molecule has 0 spiro atoms. The zero-order chi connectivity index (χ0) is 29.7. The van der Waals surface area contributed by atoms with Crippen molar-refractivity contribution in [2.45, 2.75) is 70.5 Å². The van der Waals surface area contributed by atoms with Crippen molar-refractivity contribution in [3.8, 4) is 0 Å². The summed E-state index contributed by atoms with van der Waals surface area (Å²) in [4.78, 5) is 51.6. The number of rotatable bonds is 15. The van der Waals surface area contributed by atoms with Crippen LogP contribution in [0.25, 0.3) is 0 Å². The van der Waals surface area contributed by atoms with E-state index in [1.807, 2.05) is 13.0 Å². The Kier molecular flexibility index (Phi) is 13.2. The molecule has 6 atom stereocenters. The summed E-state index contributed by atoms with van der Waals surface area (Å²) < 4.78 is 5.29. The van der Waals surface area contributed by atoms with Gasteiger partial charge in [-0.3, -0.25) is 14.4 Å². The minimum Gasteiger partial charge on any atom is -0.459 e. The van der Waals surface area contributed by atoms with Gasteiger partial charge in [-0.25, -0.2) is 4.79 Å². The summed E-state index contributed by atoms with van der Waals surface area (Å²) in [5.41, 5.74) is 7.37. The van der Waals surface area contributed by atoms with Crippen LogP contribution in [0.4, 0.5) is 0 Å². The minimum absolute atomic E-state index is 0.0302. The fourth-order valence-corrected chi connectivity index (χ4v) is 3.75. The minimum atomic E-state index is -1.41. The second-order valence-electron chi connectivity index (χ2n) is 9.73. The van der Waals surface area contributed by atoms with E-state index in [1.54, 1.807) is 61.5 Å². The van der Waals surface area contributed by atoms with E-state index >= 15 is 0 Å². The molecule has 3 amide bonds. The lowest BCUT2D eigenvalue weighted by atomic mass is 9.99. The molecule has 0 saturated heterocycles. The summed E-state index contributed by atoms with van der Waals surface area (Å²) in [5, 5.41) is 27.5. The van der Waals surface area contributed by atoms with E-state index in [9.17, 15) is 29.4 Å². The van der Waals surface area contributed by atoms with Gasteiger partial charge in [0.1, 0.15) is 18.7 Å². The van der Waals surface area contributed by atoms with E-state index < -0.39 is 60.6 Å². The number of hydrogen-bond donors (Lipinski definition) is 6. The van der Waals surface area contributed by atoms with Crippen LogP contribution in [0.3, 0.4) is 0 Å². The third kappa shape index (κ3) is 10.1. The Morgan fingerprint density at radius 3 is 1.88 bits per heavy atom. The third-order valence-corrected chi connectivity index (χ3v) is 6.55. The van der Waals surface area contributed by atoms with Crippen LogP contribution in [-0.2, 0) is 36.9 Å². The summed E-state index contributed by atoms with van der Waals surface area (Å²) in [6.07, 6.45) is -0.628. The van der Waals surface area contributed by atoms with Gasteiger partial charge in [0.25, 0.3) is 0 Å². The topological polar surface area (TPSA) is 180 Å². The highest BCUT2D eigenvalue weighted by atomic mass is 16.5. The summed E-state index contributed by atoms with van der Waals surface area (Å²) in [7, 11) is 0. The molecular weight excluding hydrogens is 516 g/mol. The van der Waals surface area contributed by atoms with Gasteiger partial charge in [-0.1, -0.05) is 80.9 Å². The predicted octanol–water partition coefficient (Wildman–Crippen LogP) is 0.173. The maximum absolute atomic E-state index is 13.3. The van der Waals surface area contributed by atoms with Gasteiger partial charge in [0.2, 0.25) is 17.7 Å². The molecule has 0 aromatic heterocycles. The molecule has 0 aliphatic rings. The molecule has 2 rings (SSSR count). The molecule has 0 aliphatic heterocycles. The number of benzene rings is 2. The normalized spacial score (nSPS) is 15.4. The Morgan fingerprint density at radius 1 is 0.825 bits per heavy atom. The van der Waals surface area contributed by atoms with Crippen LogP contribution in [0.1, 0.15) is 38.3 Å². The summed E-state index contributed by atoms with van der Waals surface area (Å²) in [6, 6.07) is 12.9. The van der Waals surface area contributed by atoms with Crippen LogP contribution in [0.2, 0.25) is 0 Å². The van der Waals surface area contributed by atoms with Gasteiger partial charge >= 0.3 is 5.97 Å². The first-order chi connectivity index (χ1) is 19.1. The second-order valence-corrected chi connectivity index (χ2v) is 9.73. The van der Waals surface area contributed by atoms with Crippen molar-refractivity contribution in [1.82, 2.24) is 16.0 Å². The first-order valence-electron chi connectivity index (χ1n) is 13.3. The number of esters is 1. The number of nitrogens with two attached hydrogens (primary N) is 1. The van der Waals surface area contributed by atoms with Gasteiger partial charge in [-0.15, -0.1) is 0 Å². The molecule has 2 aromatic carbocycles. The van der Waals surface area contributed by atoms with Crippen LogP contribution in [0.5, 0.6) is 0 Å². The number of carbonyl (C=O) groups excluding carboxylic acids is 4. The first-order valence-corrected chi connectivity index (χ1v) is 13.3.